The first-order valence-electron chi connectivity index (χ1n) is 12.0. The molecule has 210 valence electrons. The highest BCUT2D eigenvalue weighted by Gasteiger charge is 2.33. The summed E-state index contributed by atoms with van der Waals surface area (Å²) in [6, 6.07) is 12.2. The molecule has 2 aliphatic rings. The molecule has 14 heteroatoms. The number of benzene rings is 1. The van der Waals surface area contributed by atoms with Crippen LogP contribution < -0.4 is 16.0 Å². The summed E-state index contributed by atoms with van der Waals surface area (Å²) in [6.45, 7) is 3.67. The van der Waals surface area contributed by atoms with Gasteiger partial charge in [0.25, 0.3) is 6.02 Å². The van der Waals surface area contributed by atoms with Gasteiger partial charge in [-0.05, 0) is 19.1 Å². The molecule has 2 aromatic heterocycles. The number of thiophene rings is 1. The first-order valence-corrected chi connectivity index (χ1v) is 12.9. The largest absolute Gasteiger partial charge is 0.417 e. The average Bonchev–Trinajstić information content (AvgIpc) is 3.20. The van der Waals surface area contributed by atoms with Crippen LogP contribution in [0.4, 0.5) is 23.9 Å². The maximum Gasteiger partial charge on any atom is 0.417 e. The Kier molecular flexibility index (Phi) is 8.80. The predicted molar refractivity (Wildman–Crippen MR) is 147 cm³/mol. The summed E-state index contributed by atoms with van der Waals surface area (Å²) in [5, 5.41) is 18.5. The lowest BCUT2D eigenvalue weighted by Crippen LogP contribution is -2.38. The summed E-state index contributed by atoms with van der Waals surface area (Å²) >= 11 is 1.59. The molecular weight excluding hydrogens is 547 g/mol. The normalized spacial score (nSPS) is 15.1. The summed E-state index contributed by atoms with van der Waals surface area (Å²) in [4.78, 5) is 22.5. The van der Waals surface area contributed by atoms with Gasteiger partial charge in [0.15, 0.2) is 0 Å². The second-order valence-electron chi connectivity index (χ2n) is 8.66. The molecule has 0 bridgehead atoms. The van der Waals surface area contributed by atoms with Gasteiger partial charge in [-0.15, -0.1) is 11.3 Å². The molecule has 1 amide bonds. The van der Waals surface area contributed by atoms with Gasteiger partial charge in [-0.25, -0.2) is 4.98 Å². The Morgan fingerprint density at radius 1 is 1.18 bits per heavy atom. The number of alkyl halides is 3. The molecule has 5 N–H and O–H groups in total. The maximum absolute atomic E-state index is 12.9. The van der Waals surface area contributed by atoms with Gasteiger partial charge in [-0.2, -0.15) is 13.2 Å². The van der Waals surface area contributed by atoms with Gasteiger partial charge in [0.2, 0.25) is 11.8 Å². The van der Waals surface area contributed by atoms with Crippen molar-refractivity contribution >= 4 is 45.6 Å². The third-order valence-corrected chi connectivity index (χ3v) is 6.73. The van der Waals surface area contributed by atoms with Gasteiger partial charge in [0.05, 0.1) is 30.2 Å². The monoisotopic (exact) mass is 573 g/mol. The molecule has 0 unspecified atom stereocenters. The first kappa shape index (κ1) is 28.7. The molecule has 0 saturated carbocycles. The highest BCUT2D eigenvalue weighted by molar-refractivity contribution is 7.16. The van der Waals surface area contributed by atoms with Gasteiger partial charge in [0, 0.05) is 35.3 Å². The second kappa shape index (κ2) is 12.3. The number of halogens is 3. The van der Waals surface area contributed by atoms with Crippen LogP contribution in [-0.2, 0) is 20.4 Å². The molecule has 3 aromatic rings. The van der Waals surface area contributed by atoms with Crippen molar-refractivity contribution in [1.29, 1.82) is 10.8 Å². The van der Waals surface area contributed by atoms with Crippen LogP contribution in [0.2, 0.25) is 0 Å². The molecular formula is C26H26F3N7O3S. The lowest BCUT2D eigenvalue weighted by atomic mass is 10.0. The SMILES string of the molecule is Cc1cc2c(s1)NC(=O)CN=C2c1ccccc1.N=C(N)OC(=N)c1ncc(C(F)(F)F)cc1N1CCOCC1. The predicted octanol–water partition coefficient (Wildman–Crippen LogP) is 4.02. The minimum Gasteiger partial charge on any atom is -0.406 e. The highest BCUT2D eigenvalue weighted by Crippen LogP contribution is 2.33. The molecule has 0 radical (unpaired) electrons. The Morgan fingerprint density at radius 2 is 1.88 bits per heavy atom. The van der Waals surface area contributed by atoms with E-state index in [1.54, 1.807) is 16.2 Å². The smallest absolute Gasteiger partial charge is 0.406 e. The Hall–Kier alpha value is -4.30. The molecule has 40 heavy (non-hydrogen) atoms. The fourth-order valence-corrected chi connectivity index (χ4v) is 4.94. The quantitative estimate of drug-likeness (QED) is 0.275. The van der Waals surface area contributed by atoms with Gasteiger partial charge >= 0.3 is 6.18 Å². The number of nitrogens with two attached hydrogens (primary N) is 1. The van der Waals surface area contributed by atoms with Crippen LogP contribution in [0.25, 0.3) is 0 Å². The van der Waals surface area contributed by atoms with E-state index in [9.17, 15) is 18.0 Å². The number of rotatable bonds is 3. The molecule has 5 rings (SSSR count). The van der Waals surface area contributed by atoms with Crippen molar-refractivity contribution in [2.75, 3.05) is 43.1 Å². The zero-order chi connectivity index (χ0) is 28.9. The number of carbonyl (C=O) groups is 1. The van der Waals surface area contributed by atoms with E-state index in [4.69, 9.17) is 21.3 Å². The van der Waals surface area contributed by atoms with Crippen LogP contribution in [0.3, 0.4) is 0 Å². The summed E-state index contributed by atoms with van der Waals surface area (Å²) in [5.41, 5.74) is 7.08. The second-order valence-corrected chi connectivity index (χ2v) is 9.92. The fraction of sp³-hybridized carbons (Fsp3) is 0.269. The van der Waals surface area contributed by atoms with Crippen molar-refractivity contribution in [2.24, 2.45) is 10.7 Å². The van der Waals surface area contributed by atoms with Crippen molar-refractivity contribution in [1.82, 2.24) is 4.98 Å². The molecule has 0 atom stereocenters. The molecule has 1 saturated heterocycles. The third-order valence-electron chi connectivity index (χ3n) is 5.77. The molecule has 0 aliphatic carbocycles. The van der Waals surface area contributed by atoms with E-state index < -0.39 is 23.7 Å². The number of carbonyl (C=O) groups excluding carboxylic acids is 1. The van der Waals surface area contributed by atoms with Gasteiger partial charge in [-0.1, -0.05) is 30.3 Å². The number of hydrogen-bond acceptors (Lipinski definition) is 9. The number of aryl methyl sites for hydroxylation is 1. The molecule has 1 aromatic carbocycles. The van der Waals surface area contributed by atoms with Crippen LogP contribution in [0.5, 0.6) is 0 Å². The van der Waals surface area contributed by atoms with Gasteiger partial charge in [-0.3, -0.25) is 20.6 Å². The number of hydrogen-bond donors (Lipinski definition) is 4. The van der Waals surface area contributed by atoms with E-state index in [1.165, 1.54) is 4.88 Å². The topological polar surface area (TPSA) is 150 Å². The summed E-state index contributed by atoms with van der Waals surface area (Å²) in [5.74, 6) is -0.633. The lowest BCUT2D eigenvalue weighted by molar-refractivity contribution is -0.137. The van der Waals surface area contributed by atoms with E-state index >= 15 is 0 Å². The molecule has 4 heterocycles. The number of nitrogens with zero attached hydrogens (tertiary/aromatic N) is 3. The van der Waals surface area contributed by atoms with Crippen LogP contribution >= 0.6 is 11.3 Å². The van der Waals surface area contributed by atoms with E-state index in [0.717, 1.165) is 27.9 Å². The first-order chi connectivity index (χ1) is 19.0. The lowest BCUT2D eigenvalue weighted by Gasteiger charge is -2.30. The number of aromatic nitrogens is 1. The third kappa shape index (κ3) is 7.01. The number of ether oxygens (including phenoxy) is 2. The van der Waals surface area contributed by atoms with E-state index in [2.05, 4.69) is 26.1 Å². The van der Waals surface area contributed by atoms with E-state index in [-0.39, 0.29) is 23.8 Å². The number of pyridine rings is 1. The van der Waals surface area contributed by atoms with Crippen LogP contribution in [0.1, 0.15) is 27.3 Å². The van der Waals surface area contributed by atoms with E-state index in [1.807, 2.05) is 37.3 Å². The highest BCUT2D eigenvalue weighted by atomic mass is 32.1. The Morgan fingerprint density at radius 3 is 2.52 bits per heavy atom. The number of morpholine rings is 1. The van der Waals surface area contributed by atoms with Crippen molar-refractivity contribution in [3.63, 3.8) is 0 Å². The maximum atomic E-state index is 12.9. The Labute approximate surface area is 231 Å². The van der Waals surface area contributed by atoms with Crippen LogP contribution in [-0.4, -0.2) is 61.4 Å². The molecule has 10 nitrogen and oxygen atoms in total. The summed E-state index contributed by atoms with van der Waals surface area (Å²) in [6.07, 6.45) is -3.92. The van der Waals surface area contributed by atoms with Crippen LogP contribution in [0.15, 0.2) is 53.7 Å². The summed E-state index contributed by atoms with van der Waals surface area (Å²) < 4.78 is 48.4. The standard InChI is InChI=1S/C14H12N2OS.C12H14F3N5O2/c1-9-7-11-13(10-5-3-2-4-6-10)15-8-12(17)16-14(11)18-9;13-12(14,15)7-5-8(20-1-3-21-4-2-20)9(19-6-7)10(16)22-11(17)18/h2-7H,8H2,1H3,(H,16,17);5-6,16H,1-4H2,(H3,17,18). The number of amides is 1. The minimum atomic E-state index is -4.55. The van der Waals surface area contributed by atoms with Crippen molar-refractivity contribution in [3.8, 4) is 0 Å². The molecule has 2 aliphatic heterocycles. The zero-order valence-corrected chi connectivity index (χ0v) is 22.2. The summed E-state index contributed by atoms with van der Waals surface area (Å²) in [7, 11) is 0. The van der Waals surface area contributed by atoms with Gasteiger partial charge < -0.3 is 25.4 Å². The van der Waals surface area contributed by atoms with Crippen molar-refractivity contribution < 1.29 is 27.4 Å². The average molecular weight is 574 g/mol. The van der Waals surface area contributed by atoms with Gasteiger partial charge in [0.1, 0.15) is 17.2 Å². The minimum absolute atomic E-state index is 0.0518. The number of nitrogens with one attached hydrogen (secondary N) is 3. The zero-order valence-electron chi connectivity index (χ0n) is 21.3. The van der Waals surface area contributed by atoms with E-state index in [0.29, 0.717) is 32.5 Å². The number of amidine groups is 1. The number of aliphatic imine (C=N–C) groups is 1. The van der Waals surface area contributed by atoms with Crippen molar-refractivity contribution in [2.45, 2.75) is 13.1 Å². The Bertz CT molecular complexity index is 1440. The fourth-order valence-electron chi connectivity index (χ4n) is 4.01. The number of fused-ring (bicyclic) bond motifs is 1. The van der Waals surface area contributed by atoms with Crippen LogP contribution in [0, 0.1) is 17.7 Å². The number of anilines is 2. The van der Waals surface area contributed by atoms with Crippen molar-refractivity contribution in [3.05, 3.63) is 75.9 Å². The molecule has 1 fully saturated rings. The Balaban J connectivity index is 0.000000188. The molecule has 0 spiro atoms.